The molecule has 5 nitrogen and oxygen atoms in total. The highest BCUT2D eigenvalue weighted by atomic mass is 16.5. The second kappa shape index (κ2) is 8.50. The number of nitrogens with zero attached hydrogens (tertiary/aromatic N) is 1. The molecule has 0 spiro atoms. The molecule has 0 fully saturated rings. The molecule has 0 saturated heterocycles. The lowest BCUT2D eigenvalue weighted by Crippen LogP contribution is -2.27. The minimum atomic E-state index is -0.960. The van der Waals surface area contributed by atoms with Gasteiger partial charge < -0.3 is 20.1 Å². The average molecular weight is 266 g/mol. The fraction of sp³-hybridized carbons (Fsp3) is 0.500. The van der Waals surface area contributed by atoms with E-state index in [-0.39, 0.29) is 5.56 Å². The maximum absolute atomic E-state index is 11.0. The molecule has 0 aromatic heterocycles. The molecule has 1 aromatic carbocycles. The van der Waals surface area contributed by atoms with Crippen LogP contribution < -0.4 is 10.1 Å². The molecule has 0 atom stereocenters. The lowest BCUT2D eigenvalue weighted by atomic mass is 10.2. The van der Waals surface area contributed by atoms with Crippen LogP contribution in [-0.4, -0.2) is 56.3 Å². The summed E-state index contributed by atoms with van der Waals surface area (Å²) < 4.78 is 5.54. The van der Waals surface area contributed by atoms with E-state index in [1.165, 1.54) is 0 Å². The van der Waals surface area contributed by atoms with Gasteiger partial charge in [0.25, 0.3) is 0 Å². The van der Waals surface area contributed by atoms with Crippen molar-refractivity contribution >= 4 is 5.97 Å². The maximum Gasteiger partial charge on any atom is 0.339 e. The van der Waals surface area contributed by atoms with Crippen LogP contribution in [0.25, 0.3) is 0 Å². The predicted octanol–water partition coefficient (Wildman–Crippen LogP) is 1.30. The van der Waals surface area contributed by atoms with E-state index in [0.29, 0.717) is 12.4 Å². The molecule has 1 rings (SSSR count). The standard InChI is InChI=1S/C14H22N2O3/c1-15-8-5-9-16(2)10-11-19-13-7-4-3-6-12(13)14(17)18/h3-4,6-7,15H,5,8-11H2,1-2H3,(H,17,18). The third kappa shape index (κ3) is 5.72. The van der Waals surface area contributed by atoms with Gasteiger partial charge in [0.2, 0.25) is 0 Å². The Morgan fingerprint density at radius 1 is 1.37 bits per heavy atom. The van der Waals surface area contributed by atoms with Crippen molar-refractivity contribution in [1.82, 2.24) is 10.2 Å². The van der Waals surface area contributed by atoms with Gasteiger partial charge in [0.15, 0.2) is 0 Å². The van der Waals surface area contributed by atoms with Crippen molar-refractivity contribution in [2.75, 3.05) is 40.3 Å². The molecule has 0 amide bonds. The van der Waals surface area contributed by atoms with E-state index < -0.39 is 5.97 Å². The van der Waals surface area contributed by atoms with Gasteiger partial charge in [-0.2, -0.15) is 0 Å². The number of para-hydroxylation sites is 1. The van der Waals surface area contributed by atoms with Crippen molar-refractivity contribution < 1.29 is 14.6 Å². The Hall–Kier alpha value is -1.59. The average Bonchev–Trinajstić information content (AvgIpc) is 2.39. The number of benzene rings is 1. The first-order valence-electron chi connectivity index (χ1n) is 6.43. The molecule has 0 aliphatic carbocycles. The Kier molecular flexibility index (Phi) is 6.92. The highest BCUT2D eigenvalue weighted by Gasteiger charge is 2.09. The van der Waals surface area contributed by atoms with Crippen LogP contribution in [0.5, 0.6) is 5.75 Å². The second-order valence-electron chi connectivity index (χ2n) is 4.41. The summed E-state index contributed by atoms with van der Waals surface area (Å²) in [6.45, 7) is 3.25. The first kappa shape index (κ1) is 15.5. The topological polar surface area (TPSA) is 61.8 Å². The third-order valence-electron chi connectivity index (χ3n) is 2.81. The number of likely N-dealkylation sites (N-methyl/N-ethyl adjacent to an activating group) is 1. The van der Waals surface area contributed by atoms with E-state index in [0.717, 1.165) is 26.1 Å². The van der Waals surface area contributed by atoms with Crippen LogP contribution in [0.2, 0.25) is 0 Å². The summed E-state index contributed by atoms with van der Waals surface area (Å²) in [6, 6.07) is 6.71. The number of carboxylic acid groups (broad SMARTS) is 1. The molecule has 0 radical (unpaired) electrons. The number of carbonyl (C=O) groups is 1. The first-order chi connectivity index (χ1) is 9.15. The van der Waals surface area contributed by atoms with Gasteiger partial charge in [0.05, 0.1) is 0 Å². The van der Waals surface area contributed by atoms with Crippen molar-refractivity contribution in [1.29, 1.82) is 0 Å². The summed E-state index contributed by atoms with van der Waals surface area (Å²) in [5.41, 5.74) is 0.209. The van der Waals surface area contributed by atoms with Crippen LogP contribution in [0.4, 0.5) is 0 Å². The summed E-state index contributed by atoms with van der Waals surface area (Å²) in [5, 5.41) is 12.1. The zero-order valence-corrected chi connectivity index (χ0v) is 11.6. The summed E-state index contributed by atoms with van der Waals surface area (Å²) in [7, 11) is 3.97. The molecule has 0 saturated carbocycles. The van der Waals surface area contributed by atoms with Crippen LogP contribution in [0, 0.1) is 0 Å². The Labute approximate surface area is 114 Å². The van der Waals surface area contributed by atoms with Gasteiger partial charge in [-0.25, -0.2) is 4.79 Å². The van der Waals surface area contributed by atoms with Crippen molar-refractivity contribution in [2.45, 2.75) is 6.42 Å². The first-order valence-corrected chi connectivity index (χ1v) is 6.43. The van der Waals surface area contributed by atoms with Crippen LogP contribution >= 0.6 is 0 Å². The number of rotatable bonds is 9. The minimum Gasteiger partial charge on any atom is -0.491 e. The quantitative estimate of drug-likeness (QED) is 0.660. The second-order valence-corrected chi connectivity index (χ2v) is 4.41. The van der Waals surface area contributed by atoms with Crippen LogP contribution in [-0.2, 0) is 0 Å². The Morgan fingerprint density at radius 2 is 2.11 bits per heavy atom. The normalized spacial score (nSPS) is 10.7. The lowest BCUT2D eigenvalue weighted by molar-refractivity contribution is 0.0692. The zero-order valence-electron chi connectivity index (χ0n) is 11.6. The van der Waals surface area contributed by atoms with Crippen molar-refractivity contribution in [3.63, 3.8) is 0 Å². The fourth-order valence-corrected chi connectivity index (χ4v) is 1.72. The minimum absolute atomic E-state index is 0.209. The van der Waals surface area contributed by atoms with Gasteiger partial charge in [-0.3, -0.25) is 0 Å². The van der Waals surface area contributed by atoms with Crippen molar-refractivity contribution in [3.05, 3.63) is 29.8 Å². The Bertz CT molecular complexity index is 396. The monoisotopic (exact) mass is 266 g/mol. The molecular formula is C14H22N2O3. The smallest absolute Gasteiger partial charge is 0.339 e. The molecule has 0 unspecified atom stereocenters. The maximum atomic E-state index is 11.0. The van der Waals surface area contributed by atoms with Crippen LogP contribution in [0.1, 0.15) is 16.8 Å². The number of hydrogen-bond donors (Lipinski definition) is 2. The molecular weight excluding hydrogens is 244 g/mol. The van der Waals surface area contributed by atoms with Gasteiger partial charge in [0.1, 0.15) is 17.9 Å². The van der Waals surface area contributed by atoms with Gasteiger partial charge in [-0.05, 0) is 45.7 Å². The lowest BCUT2D eigenvalue weighted by Gasteiger charge is -2.17. The highest BCUT2D eigenvalue weighted by molar-refractivity contribution is 5.90. The summed E-state index contributed by atoms with van der Waals surface area (Å²) in [5.74, 6) is -0.531. The van der Waals surface area contributed by atoms with Gasteiger partial charge in [0, 0.05) is 6.54 Å². The molecule has 0 aliphatic rings. The number of nitrogens with one attached hydrogen (secondary N) is 1. The van der Waals surface area contributed by atoms with E-state index >= 15 is 0 Å². The molecule has 0 heterocycles. The molecule has 2 N–H and O–H groups in total. The summed E-state index contributed by atoms with van der Waals surface area (Å²) >= 11 is 0. The number of hydrogen-bond acceptors (Lipinski definition) is 4. The van der Waals surface area contributed by atoms with E-state index in [1.807, 2.05) is 14.1 Å². The number of ether oxygens (including phenoxy) is 1. The zero-order chi connectivity index (χ0) is 14.1. The SMILES string of the molecule is CNCCCN(C)CCOc1ccccc1C(=O)O. The van der Waals surface area contributed by atoms with Crippen molar-refractivity contribution in [3.8, 4) is 5.75 Å². The van der Waals surface area contributed by atoms with E-state index in [1.54, 1.807) is 24.3 Å². The third-order valence-corrected chi connectivity index (χ3v) is 2.81. The van der Waals surface area contributed by atoms with E-state index in [9.17, 15) is 4.79 Å². The number of carboxylic acids is 1. The Balaban J connectivity index is 2.35. The fourth-order valence-electron chi connectivity index (χ4n) is 1.72. The van der Waals surface area contributed by atoms with E-state index in [2.05, 4.69) is 10.2 Å². The molecule has 0 aliphatic heterocycles. The van der Waals surface area contributed by atoms with Gasteiger partial charge >= 0.3 is 5.97 Å². The van der Waals surface area contributed by atoms with Gasteiger partial charge in [-0.1, -0.05) is 12.1 Å². The molecule has 106 valence electrons. The molecule has 5 heteroatoms. The number of aromatic carboxylic acids is 1. The van der Waals surface area contributed by atoms with Gasteiger partial charge in [-0.15, -0.1) is 0 Å². The van der Waals surface area contributed by atoms with E-state index in [4.69, 9.17) is 9.84 Å². The largest absolute Gasteiger partial charge is 0.491 e. The Morgan fingerprint density at radius 3 is 2.79 bits per heavy atom. The van der Waals surface area contributed by atoms with Crippen molar-refractivity contribution in [2.24, 2.45) is 0 Å². The van der Waals surface area contributed by atoms with Crippen LogP contribution in [0.3, 0.4) is 0 Å². The summed E-state index contributed by atoms with van der Waals surface area (Å²) in [4.78, 5) is 13.2. The molecule has 19 heavy (non-hydrogen) atoms. The van der Waals surface area contributed by atoms with Crippen LogP contribution in [0.15, 0.2) is 24.3 Å². The highest BCUT2D eigenvalue weighted by Crippen LogP contribution is 2.17. The molecule has 0 bridgehead atoms. The predicted molar refractivity (Wildman–Crippen MR) is 74.9 cm³/mol. The summed E-state index contributed by atoms with van der Waals surface area (Å²) in [6.07, 6.45) is 1.08. The molecule has 1 aromatic rings.